The summed E-state index contributed by atoms with van der Waals surface area (Å²) in [4.78, 5) is 29.6. The fourth-order valence-corrected chi connectivity index (χ4v) is 4.01. The molecule has 120 valence electrons. The van der Waals surface area contributed by atoms with Crippen molar-refractivity contribution >= 4 is 28.9 Å². The van der Waals surface area contributed by atoms with Crippen LogP contribution in [0.4, 0.5) is 0 Å². The van der Waals surface area contributed by atoms with Crippen molar-refractivity contribution in [3.8, 4) is 5.75 Å². The molecule has 1 N–H and O–H groups in total. The molecule has 0 aliphatic carbocycles. The van der Waals surface area contributed by atoms with Gasteiger partial charge in [-0.3, -0.25) is 4.79 Å². The Balaban J connectivity index is 1.81. The van der Waals surface area contributed by atoms with Gasteiger partial charge >= 0.3 is 5.97 Å². The van der Waals surface area contributed by atoms with E-state index in [2.05, 4.69) is 11.6 Å². The van der Waals surface area contributed by atoms with Crippen molar-refractivity contribution in [2.75, 3.05) is 0 Å². The molecule has 2 aliphatic heterocycles. The average molecular weight is 332 g/mol. The molecule has 2 heterocycles. The zero-order valence-electron chi connectivity index (χ0n) is 12.7. The lowest BCUT2D eigenvalue weighted by molar-refractivity contribution is -0.162. The van der Waals surface area contributed by atoms with Crippen molar-refractivity contribution in [2.24, 2.45) is 4.99 Å². The molecule has 3 rings (SSSR count). The van der Waals surface area contributed by atoms with Crippen molar-refractivity contribution in [3.63, 3.8) is 0 Å². The van der Waals surface area contributed by atoms with E-state index in [4.69, 9.17) is 4.74 Å². The third kappa shape index (κ3) is 2.41. The number of likely N-dealkylation sites (tertiary alicyclic amines) is 1. The van der Waals surface area contributed by atoms with E-state index in [9.17, 15) is 14.7 Å². The highest BCUT2D eigenvalue weighted by Gasteiger charge is 2.65. The molecule has 0 saturated carbocycles. The number of carboxylic acids is 1. The lowest BCUT2D eigenvalue weighted by atomic mass is 9.88. The average Bonchev–Trinajstić information content (AvgIpc) is 2.78. The van der Waals surface area contributed by atoms with E-state index in [1.54, 1.807) is 26.0 Å². The van der Waals surface area contributed by atoms with Crippen LogP contribution in [0.15, 0.2) is 47.5 Å². The van der Waals surface area contributed by atoms with Crippen LogP contribution in [-0.4, -0.2) is 44.1 Å². The van der Waals surface area contributed by atoms with Crippen LogP contribution in [-0.2, 0) is 9.59 Å². The fourth-order valence-electron chi connectivity index (χ4n) is 2.72. The molecule has 0 spiro atoms. The molecule has 1 aromatic rings. The molecule has 1 fully saturated rings. The smallest absolute Gasteiger partial charge is 0.330 e. The summed E-state index contributed by atoms with van der Waals surface area (Å²) in [7, 11) is 0. The Bertz CT molecular complexity index is 704. The van der Waals surface area contributed by atoms with Crippen LogP contribution in [0.25, 0.3) is 0 Å². The van der Waals surface area contributed by atoms with Gasteiger partial charge in [0.05, 0.1) is 0 Å². The summed E-state index contributed by atoms with van der Waals surface area (Å²) < 4.78 is 5.68. The molecule has 1 aromatic carbocycles. The first-order valence-corrected chi connectivity index (χ1v) is 7.93. The molecule has 3 atom stereocenters. The second-order valence-electron chi connectivity index (χ2n) is 5.71. The van der Waals surface area contributed by atoms with Gasteiger partial charge in [0.15, 0.2) is 11.6 Å². The van der Waals surface area contributed by atoms with Crippen LogP contribution in [0.2, 0.25) is 0 Å². The third-order valence-corrected chi connectivity index (χ3v) is 5.15. The number of carbonyl (C=O) groups excluding carboxylic acids is 1. The largest absolute Gasteiger partial charge is 0.479 e. The molecule has 1 amide bonds. The third-order valence-electron chi connectivity index (χ3n) is 3.86. The predicted octanol–water partition coefficient (Wildman–Crippen LogP) is 2.12. The Morgan fingerprint density at radius 1 is 1.48 bits per heavy atom. The summed E-state index contributed by atoms with van der Waals surface area (Å²) in [5, 5.41) is 9.34. The number of benzene rings is 1. The van der Waals surface area contributed by atoms with E-state index >= 15 is 0 Å². The van der Waals surface area contributed by atoms with Gasteiger partial charge < -0.3 is 14.7 Å². The van der Waals surface area contributed by atoms with Crippen molar-refractivity contribution in [1.82, 2.24) is 4.90 Å². The summed E-state index contributed by atoms with van der Waals surface area (Å²) in [6.07, 6.45) is 0. The number of rotatable bonds is 4. The molecule has 0 aromatic heterocycles. The number of fused-ring (bicyclic) bond motifs is 1. The number of β-lactam (4-membered cyclic amide) rings is 1. The molecule has 2 aliphatic rings. The van der Waals surface area contributed by atoms with Gasteiger partial charge in [0.2, 0.25) is 0 Å². The van der Waals surface area contributed by atoms with E-state index in [0.29, 0.717) is 16.6 Å². The van der Waals surface area contributed by atoms with Crippen LogP contribution < -0.4 is 4.74 Å². The monoisotopic (exact) mass is 332 g/mol. The first-order valence-electron chi connectivity index (χ1n) is 7.05. The first-order chi connectivity index (χ1) is 10.8. The zero-order chi connectivity index (χ0) is 16.8. The van der Waals surface area contributed by atoms with Crippen LogP contribution in [0.5, 0.6) is 5.75 Å². The number of hydrogen-bond acceptors (Lipinski definition) is 5. The minimum absolute atomic E-state index is 0.322. The molecule has 0 bridgehead atoms. The molecular weight excluding hydrogens is 316 g/mol. The Kier molecular flexibility index (Phi) is 3.68. The summed E-state index contributed by atoms with van der Waals surface area (Å²) >= 11 is 1.26. The number of para-hydroxylation sites is 1. The molecule has 1 saturated heterocycles. The van der Waals surface area contributed by atoms with Gasteiger partial charge in [-0.2, -0.15) is 0 Å². The molecule has 6 nitrogen and oxygen atoms in total. The maximum Gasteiger partial charge on any atom is 0.330 e. The predicted molar refractivity (Wildman–Crippen MR) is 87.4 cm³/mol. The van der Waals surface area contributed by atoms with E-state index in [0.717, 1.165) is 0 Å². The molecule has 0 radical (unpaired) electrons. The van der Waals surface area contributed by atoms with Gasteiger partial charge in [0.1, 0.15) is 11.1 Å². The maximum atomic E-state index is 12.5. The van der Waals surface area contributed by atoms with Gasteiger partial charge in [-0.05, 0) is 43.3 Å². The van der Waals surface area contributed by atoms with Gasteiger partial charge in [-0.15, -0.1) is 0 Å². The topological polar surface area (TPSA) is 79.2 Å². The SMILES string of the molecule is C=C(C)C(C(=O)O)N1C(=O)C2(C)N=C(Oc3ccccc3)SC12. The van der Waals surface area contributed by atoms with Crippen LogP contribution in [0.3, 0.4) is 0 Å². The summed E-state index contributed by atoms with van der Waals surface area (Å²) in [5.41, 5.74) is -0.566. The lowest BCUT2D eigenvalue weighted by Gasteiger charge is -2.50. The number of thioether (sulfide) groups is 1. The highest BCUT2D eigenvalue weighted by Crippen LogP contribution is 2.49. The van der Waals surface area contributed by atoms with E-state index in [1.165, 1.54) is 16.7 Å². The minimum Gasteiger partial charge on any atom is -0.479 e. The second kappa shape index (κ2) is 5.42. The van der Waals surface area contributed by atoms with E-state index in [1.807, 2.05) is 18.2 Å². The Morgan fingerprint density at radius 3 is 2.70 bits per heavy atom. The molecule has 7 heteroatoms. The number of carboxylic acid groups (broad SMARTS) is 1. The molecule has 23 heavy (non-hydrogen) atoms. The standard InChI is InChI=1S/C16H16N2O4S/c1-9(2)11(12(19)20)18-13(21)16(3)14(18)23-15(17-16)22-10-7-5-4-6-8-10/h4-8,11,14H,1H2,2-3H3,(H,19,20). The summed E-state index contributed by atoms with van der Waals surface area (Å²) in [5.74, 6) is -0.791. The van der Waals surface area contributed by atoms with Gasteiger partial charge in [0.25, 0.3) is 11.1 Å². The van der Waals surface area contributed by atoms with Gasteiger partial charge in [0, 0.05) is 0 Å². The van der Waals surface area contributed by atoms with Crippen LogP contribution in [0.1, 0.15) is 13.8 Å². The quantitative estimate of drug-likeness (QED) is 0.675. The van der Waals surface area contributed by atoms with Crippen molar-refractivity contribution < 1.29 is 19.4 Å². The number of amides is 1. The number of nitrogens with zero attached hydrogens (tertiary/aromatic N) is 2. The summed E-state index contributed by atoms with van der Waals surface area (Å²) in [6, 6.07) is 8.09. The number of aliphatic imine (C=N–C) groups is 1. The van der Waals surface area contributed by atoms with Crippen LogP contribution >= 0.6 is 11.8 Å². The van der Waals surface area contributed by atoms with Crippen molar-refractivity contribution in [1.29, 1.82) is 0 Å². The first kappa shape index (κ1) is 15.6. The second-order valence-corrected chi connectivity index (χ2v) is 6.74. The van der Waals surface area contributed by atoms with Gasteiger partial charge in [-0.25, -0.2) is 9.79 Å². The summed E-state index contributed by atoms with van der Waals surface area (Å²) in [6.45, 7) is 6.98. The lowest BCUT2D eigenvalue weighted by Crippen LogP contribution is -2.72. The van der Waals surface area contributed by atoms with Crippen molar-refractivity contribution in [2.45, 2.75) is 30.8 Å². The highest BCUT2D eigenvalue weighted by atomic mass is 32.2. The fraction of sp³-hybridized carbons (Fsp3) is 0.312. The zero-order valence-corrected chi connectivity index (χ0v) is 13.5. The van der Waals surface area contributed by atoms with Crippen LogP contribution in [0, 0.1) is 0 Å². The number of aliphatic carboxylic acids is 1. The minimum atomic E-state index is -1.09. The Morgan fingerprint density at radius 2 is 2.13 bits per heavy atom. The molecular formula is C16H16N2O4S. The Labute approximate surface area is 137 Å². The maximum absolute atomic E-state index is 12.5. The van der Waals surface area contributed by atoms with Crippen molar-refractivity contribution in [3.05, 3.63) is 42.5 Å². The van der Waals surface area contributed by atoms with E-state index < -0.39 is 22.9 Å². The molecule has 3 unspecified atom stereocenters. The van der Waals surface area contributed by atoms with E-state index in [-0.39, 0.29) is 5.91 Å². The van der Waals surface area contributed by atoms with Gasteiger partial charge in [-0.1, -0.05) is 24.8 Å². The highest BCUT2D eigenvalue weighted by molar-refractivity contribution is 8.14. The number of ether oxygens (including phenoxy) is 1. The number of hydrogen-bond donors (Lipinski definition) is 1. The normalized spacial score (nSPS) is 26.9. The number of carbonyl (C=O) groups is 2. The Hall–Kier alpha value is -2.28.